The maximum Gasteiger partial charge on any atom is 0.280 e. The minimum Gasteiger partial charge on any atom is -0.470 e. The van der Waals surface area contributed by atoms with Crippen LogP contribution in [0.4, 0.5) is 11.4 Å². The zero-order valence-corrected chi connectivity index (χ0v) is 12.0. The molecule has 0 N–H and O–H groups in total. The number of hydrogen-bond donors (Lipinski definition) is 0. The number of hydrogen-bond acceptors (Lipinski definition) is 3. The highest BCUT2D eigenvalue weighted by atomic mass is 35.5. The predicted octanol–water partition coefficient (Wildman–Crippen LogP) is 3.35. The zero-order chi connectivity index (χ0) is 15.0. The van der Waals surface area contributed by atoms with Crippen molar-refractivity contribution >= 4 is 34.7 Å². The highest BCUT2D eigenvalue weighted by molar-refractivity contribution is 6.31. The van der Waals surface area contributed by atoms with Crippen LogP contribution >= 0.6 is 11.6 Å². The molecular weight excluding hydrogens is 290 g/mol. The number of Topliss-reactive ketones (excluding diaryl/α,β-unsaturated/α-hetero) is 1. The fourth-order valence-corrected chi connectivity index (χ4v) is 2.48. The molecule has 0 saturated carbocycles. The van der Waals surface area contributed by atoms with Crippen LogP contribution in [0.15, 0.2) is 48.5 Å². The van der Waals surface area contributed by atoms with Crippen LogP contribution < -0.4 is 9.64 Å². The Morgan fingerprint density at radius 3 is 2.67 bits per heavy atom. The van der Waals surface area contributed by atoms with Gasteiger partial charge in [-0.3, -0.25) is 14.5 Å². The van der Waals surface area contributed by atoms with E-state index in [1.807, 2.05) is 0 Å². The fraction of sp³-hybridized carbons (Fsp3) is 0.125. The molecule has 0 spiro atoms. The van der Waals surface area contributed by atoms with Crippen molar-refractivity contribution in [3.63, 3.8) is 0 Å². The Bertz CT molecular complexity index is 729. The lowest BCUT2D eigenvalue weighted by molar-refractivity contribution is -0.135. The summed E-state index contributed by atoms with van der Waals surface area (Å²) in [5, 5.41) is 0.517. The van der Waals surface area contributed by atoms with Gasteiger partial charge in [0.2, 0.25) is 6.10 Å². The van der Waals surface area contributed by atoms with Gasteiger partial charge in [-0.1, -0.05) is 29.8 Å². The number of halogens is 1. The van der Waals surface area contributed by atoms with E-state index in [-0.39, 0.29) is 5.78 Å². The first-order valence-electron chi connectivity index (χ1n) is 6.43. The summed E-state index contributed by atoms with van der Waals surface area (Å²) in [5.41, 5.74) is 1.21. The molecule has 3 rings (SSSR count). The monoisotopic (exact) mass is 301 g/mol. The Morgan fingerprint density at radius 1 is 1.19 bits per heavy atom. The minimum absolute atomic E-state index is 0.332. The molecule has 0 radical (unpaired) electrons. The average Bonchev–Trinajstić information content (AvgIpc) is 2.46. The number of ketones is 1. The average molecular weight is 302 g/mol. The number of nitrogens with zero attached hydrogens (tertiary/aromatic N) is 1. The number of benzene rings is 2. The van der Waals surface area contributed by atoms with E-state index in [1.165, 1.54) is 11.8 Å². The van der Waals surface area contributed by atoms with Gasteiger partial charge in [0.05, 0.1) is 11.4 Å². The van der Waals surface area contributed by atoms with Crippen molar-refractivity contribution in [2.24, 2.45) is 0 Å². The predicted molar refractivity (Wildman–Crippen MR) is 80.1 cm³/mol. The molecule has 0 aliphatic carbocycles. The number of rotatable bonds is 2. The third kappa shape index (κ3) is 2.38. The summed E-state index contributed by atoms with van der Waals surface area (Å²) in [4.78, 5) is 25.7. The smallest absolute Gasteiger partial charge is 0.280 e. The number of ether oxygens (including phenoxy) is 1. The third-order valence-electron chi connectivity index (χ3n) is 3.23. The van der Waals surface area contributed by atoms with Gasteiger partial charge in [0, 0.05) is 5.02 Å². The summed E-state index contributed by atoms with van der Waals surface area (Å²) < 4.78 is 5.51. The molecule has 0 bridgehead atoms. The quantitative estimate of drug-likeness (QED) is 0.799. The lowest BCUT2D eigenvalue weighted by Crippen LogP contribution is -2.47. The second-order valence-electron chi connectivity index (χ2n) is 4.73. The van der Waals surface area contributed by atoms with Crippen LogP contribution in [0.25, 0.3) is 0 Å². The van der Waals surface area contributed by atoms with E-state index in [0.717, 1.165) is 0 Å². The van der Waals surface area contributed by atoms with Gasteiger partial charge < -0.3 is 4.74 Å². The molecule has 1 heterocycles. The molecule has 2 aromatic rings. The first-order valence-corrected chi connectivity index (χ1v) is 6.81. The number of carbonyl (C=O) groups excluding carboxylic acids is 2. The molecule has 0 saturated heterocycles. The van der Waals surface area contributed by atoms with Gasteiger partial charge in [0.1, 0.15) is 5.75 Å². The Kier molecular flexibility index (Phi) is 3.39. The van der Waals surface area contributed by atoms with E-state index in [9.17, 15) is 9.59 Å². The Morgan fingerprint density at radius 2 is 1.95 bits per heavy atom. The van der Waals surface area contributed by atoms with E-state index < -0.39 is 12.0 Å². The number of anilines is 2. The Labute approximate surface area is 126 Å². The summed E-state index contributed by atoms with van der Waals surface area (Å²) in [6.45, 7) is 1.34. The van der Waals surface area contributed by atoms with E-state index in [1.54, 1.807) is 48.5 Å². The van der Waals surface area contributed by atoms with Crippen molar-refractivity contribution in [2.45, 2.75) is 13.0 Å². The van der Waals surface area contributed by atoms with Crippen molar-refractivity contribution in [3.05, 3.63) is 53.6 Å². The molecule has 5 heteroatoms. The molecule has 106 valence electrons. The SMILES string of the molecule is CC(=O)C1Oc2ccccc2N(c2cccc(Cl)c2)C1=O. The van der Waals surface area contributed by atoms with Crippen LogP contribution in [-0.4, -0.2) is 17.8 Å². The molecule has 1 unspecified atom stereocenters. The largest absolute Gasteiger partial charge is 0.470 e. The first-order chi connectivity index (χ1) is 10.1. The number of carbonyl (C=O) groups is 2. The molecule has 21 heavy (non-hydrogen) atoms. The molecular formula is C16H12ClNO3. The molecule has 0 fully saturated rings. The minimum atomic E-state index is -1.13. The lowest BCUT2D eigenvalue weighted by Gasteiger charge is -2.33. The van der Waals surface area contributed by atoms with Crippen molar-refractivity contribution in [3.8, 4) is 5.75 Å². The van der Waals surface area contributed by atoms with Crippen LogP contribution in [0.5, 0.6) is 5.75 Å². The summed E-state index contributed by atoms with van der Waals surface area (Å²) in [6, 6.07) is 14.0. The van der Waals surface area contributed by atoms with E-state index in [2.05, 4.69) is 0 Å². The van der Waals surface area contributed by atoms with Crippen molar-refractivity contribution in [2.75, 3.05) is 4.90 Å². The summed E-state index contributed by atoms with van der Waals surface area (Å²) in [7, 11) is 0. The Balaban J connectivity index is 2.16. The van der Waals surface area contributed by atoms with Gasteiger partial charge in [-0.2, -0.15) is 0 Å². The molecule has 0 aromatic heterocycles. The van der Waals surface area contributed by atoms with E-state index in [4.69, 9.17) is 16.3 Å². The molecule has 1 atom stereocenters. The van der Waals surface area contributed by atoms with Gasteiger partial charge in [-0.05, 0) is 37.3 Å². The Hall–Kier alpha value is -2.33. The van der Waals surface area contributed by atoms with Crippen molar-refractivity contribution in [1.82, 2.24) is 0 Å². The fourth-order valence-electron chi connectivity index (χ4n) is 2.29. The molecule has 2 aromatic carbocycles. The van der Waals surface area contributed by atoms with Crippen LogP contribution in [0.3, 0.4) is 0 Å². The summed E-state index contributed by atoms with van der Waals surface area (Å²) in [5.74, 6) is -0.248. The molecule has 1 amide bonds. The topological polar surface area (TPSA) is 46.6 Å². The molecule has 1 aliphatic rings. The lowest BCUT2D eigenvalue weighted by atomic mass is 10.1. The number of fused-ring (bicyclic) bond motifs is 1. The standard InChI is InChI=1S/C16H12ClNO3/c1-10(19)15-16(20)18(12-6-4-5-11(17)9-12)13-7-2-3-8-14(13)21-15/h2-9,15H,1H3. The highest BCUT2D eigenvalue weighted by Gasteiger charge is 2.38. The second-order valence-corrected chi connectivity index (χ2v) is 5.17. The highest BCUT2D eigenvalue weighted by Crippen LogP contribution is 2.39. The molecule has 4 nitrogen and oxygen atoms in total. The van der Waals surface area contributed by atoms with Gasteiger partial charge in [-0.25, -0.2) is 0 Å². The van der Waals surface area contributed by atoms with E-state index in [0.29, 0.717) is 22.1 Å². The van der Waals surface area contributed by atoms with Crippen molar-refractivity contribution in [1.29, 1.82) is 0 Å². The maximum absolute atomic E-state index is 12.6. The normalized spacial score (nSPS) is 17.1. The number of amides is 1. The van der Waals surface area contributed by atoms with Crippen LogP contribution in [-0.2, 0) is 9.59 Å². The van der Waals surface area contributed by atoms with Gasteiger partial charge in [0.25, 0.3) is 5.91 Å². The van der Waals surface area contributed by atoms with Crippen LogP contribution in [0.1, 0.15) is 6.92 Å². The van der Waals surface area contributed by atoms with Gasteiger partial charge >= 0.3 is 0 Å². The van der Waals surface area contributed by atoms with Crippen LogP contribution in [0.2, 0.25) is 5.02 Å². The van der Waals surface area contributed by atoms with Gasteiger partial charge in [-0.15, -0.1) is 0 Å². The van der Waals surface area contributed by atoms with Gasteiger partial charge in [0.15, 0.2) is 5.78 Å². The first kappa shape index (κ1) is 13.6. The summed E-state index contributed by atoms with van der Waals surface area (Å²) in [6.07, 6.45) is -1.13. The summed E-state index contributed by atoms with van der Waals surface area (Å²) >= 11 is 6.00. The second kappa shape index (κ2) is 5.22. The third-order valence-corrected chi connectivity index (χ3v) is 3.47. The maximum atomic E-state index is 12.6. The van der Waals surface area contributed by atoms with Crippen molar-refractivity contribution < 1.29 is 14.3 Å². The van der Waals surface area contributed by atoms with Crippen LogP contribution in [0, 0.1) is 0 Å². The van der Waals surface area contributed by atoms with E-state index >= 15 is 0 Å². The number of para-hydroxylation sites is 2. The molecule has 1 aliphatic heterocycles. The zero-order valence-electron chi connectivity index (χ0n) is 11.2.